The molecule has 0 radical (unpaired) electrons. The third-order valence-electron chi connectivity index (χ3n) is 3.08. The zero-order valence-corrected chi connectivity index (χ0v) is 11.5. The van der Waals surface area contributed by atoms with Gasteiger partial charge in [0.15, 0.2) is 0 Å². The van der Waals surface area contributed by atoms with Crippen molar-refractivity contribution < 1.29 is 29.5 Å². The normalized spacial score (nSPS) is 17.2. The summed E-state index contributed by atoms with van der Waals surface area (Å²) in [7, 11) is 0. The smallest absolute Gasteiger partial charge is 0.335 e. The first-order valence-electron chi connectivity index (χ1n) is 6.43. The predicted octanol–water partition coefficient (Wildman–Crippen LogP) is 2.61. The van der Waals surface area contributed by atoms with Crippen LogP contribution in [0.4, 0.5) is 11.4 Å². The highest BCUT2D eigenvalue weighted by Crippen LogP contribution is 2.35. The lowest BCUT2D eigenvalue weighted by Crippen LogP contribution is -2.15. The van der Waals surface area contributed by atoms with E-state index in [0.717, 1.165) is 5.23 Å². The Labute approximate surface area is 129 Å². The third-order valence-corrected chi connectivity index (χ3v) is 3.08. The number of carboxylic acids is 1. The quantitative estimate of drug-likeness (QED) is 0.520. The number of carbonyl (C=O) groups is 1. The Hall–Kier alpha value is -3.01. The van der Waals surface area contributed by atoms with Crippen LogP contribution in [0.25, 0.3) is 0 Å². The summed E-state index contributed by atoms with van der Waals surface area (Å²) in [6.07, 6.45) is -1.15. The van der Waals surface area contributed by atoms with E-state index >= 15 is 0 Å². The minimum atomic E-state index is -1.15. The van der Waals surface area contributed by atoms with Gasteiger partial charge >= 0.3 is 5.97 Å². The molecule has 1 saturated heterocycles. The van der Waals surface area contributed by atoms with E-state index in [2.05, 4.69) is 0 Å². The predicted molar refractivity (Wildman–Crippen MR) is 75.0 cm³/mol. The molecule has 0 aromatic heterocycles. The second-order valence-corrected chi connectivity index (χ2v) is 4.54. The monoisotopic (exact) mass is 318 g/mol. The van der Waals surface area contributed by atoms with Crippen molar-refractivity contribution in [1.82, 2.24) is 0 Å². The lowest BCUT2D eigenvalue weighted by atomic mass is 10.2. The van der Waals surface area contributed by atoms with Crippen molar-refractivity contribution >= 4 is 17.3 Å². The van der Waals surface area contributed by atoms with Crippen LogP contribution < -0.4 is 5.23 Å². The Morgan fingerprint density at radius 3 is 2.74 bits per heavy atom. The van der Waals surface area contributed by atoms with Gasteiger partial charge in [-0.2, -0.15) is 4.89 Å². The van der Waals surface area contributed by atoms with E-state index in [9.17, 15) is 14.9 Å². The number of nitrogens with zero attached hydrogens (tertiary/aromatic N) is 2. The molecular formula is C14H10N2O7. The van der Waals surface area contributed by atoms with Crippen molar-refractivity contribution in [2.75, 3.05) is 5.23 Å². The van der Waals surface area contributed by atoms with Crippen LogP contribution in [0.3, 0.4) is 0 Å². The molecule has 9 heteroatoms. The molecule has 2 aromatic carbocycles. The molecule has 0 aliphatic carbocycles. The fourth-order valence-corrected chi connectivity index (χ4v) is 2.02. The molecule has 1 atom stereocenters. The first-order valence-corrected chi connectivity index (χ1v) is 6.43. The molecule has 0 amide bonds. The van der Waals surface area contributed by atoms with Gasteiger partial charge in [-0.25, -0.2) is 9.63 Å². The minimum Gasteiger partial charge on any atom is -0.478 e. The summed E-state index contributed by atoms with van der Waals surface area (Å²) < 4.78 is 0. The van der Waals surface area contributed by atoms with Gasteiger partial charge in [0.1, 0.15) is 0 Å². The van der Waals surface area contributed by atoms with Gasteiger partial charge in [-0.15, -0.1) is 0 Å². The van der Waals surface area contributed by atoms with Crippen molar-refractivity contribution in [2.24, 2.45) is 0 Å². The SMILES string of the molecule is O=C(O)c1cccc(N2OOC(c3ccccc3[N+](=O)[O-])O2)c1. The highest BCUT2D eigenvalue weighted by Gasteiger charge is 2.33. The number of carboxylic acid groups (broad SMARTS) is 1. The number of aromatic carboxylic acids is 1. The summed E-state index contributed by atoms with van der Waals surface area (Å²) in [5, 5.41) is 20.9. The molecule has 0 saturated carbocycles. The van der Waals surface area contributed by atoms with Crippen LogP contribution in [-0.2, 0) is 14.7 Å². The van der Waals surface area contributed by atoms with Gasteiger partial charge in [-0.05, 0) is 24.3 Å². The molecule has 0 spiro atoms. The van der Waals surface area contributed by atoms with E-state index in [4.69, 9.17) is 19.8 Å². The first-order chi connectivity index (χ1) is 11.1. The molecule has 1 fully saturated rings. The van der Waals surface area contributed by atoms with Crippen LogP contribution in [0, 0.1) is 10.1 Å². The molecule has 1 N–H and O–H groups in total. The fraction of sp³-hybridized carbons (Fsp3) is 0.0714. The van der Waals surface area contributed by atoms with Gasteiger partial charge in [0.05, 0.1) is 21.7 Å². The number of hydrogen-bond acceptors (Lipinski definition) is 7. The van der Waals surface area contributed by atoms with Crippen LogP contribution in [0.5, 0.6) is 0 Å². The molecule has 0 bridgehead atoms. The van der Waals surface area contributed by atoms with Gasteiger partial charge in [0.2, 0.25) is 0 Å². The molecule has 2 aromatic rings. The minimum absolute atomic E-state index is 0.0313. The molecule has 1 aliphatic heterocycles. The number of rotatable bonds is 4. The van der Waals surface area contributed by atoms with E-state index < -0.39 is 17.2 Å². The molecule has 23 heavy (non-hydrogen) atoms. The van der Waals surface area contributed by atoms with E-state index in [0.29, 0.717) is 0 Å². The van der Waals surface area contributed by atoms with Crippen molar-refractivity contribution in [3.63, 3.8) is 0 Å². The maximum atomic E-state index is 11.0. The van der Waals surface area contributed by atoms with Gasteiger partial charge in [0.25, 0.3) is 12.0 Å². The Bertz CT molecular complexity index is 764. The Morgan fingerprint density at radius 2 is 2.00 bits per heavy atom. The Balaban J connectivity index is 1.83. The maximum absolute atomic E-state index is 11.0. The van der Waals surface area contributed by atoms with E-state index in [1.54, 1.807) is 6.07 Å². The lowest BCUT2D eigenvalue weighted by molar-refractivity contribution is -0.387. The number of nitro benzene ring substituents is 1. The average molecular weight is 318 g/mol. The zero-order chi connectivity index (χ0) is 16.4. The number of anilines is 1. The molecule has 118 valence electrons. The van der Waals surface area contributed by atoms with Crippen LogP contribution in [0.2, 0.25) is 0 Å². The standard InChI is InChI=1S/C14H10N2O7/c17-13(18)9-4-3-5-10(8-9)16-21-14(22-23-16)11-6-1-2-7-12(11)15(19)20/h1-8,14H,(H,17,18). The molecule has 1 aliphatic rings. The number of nitro groups is 1. The van der Waals surface area contributed by atoms with Crippen LogP contribution in [0.1, 0.15) is 22.2 Å². The number of benzene rings is 2. The van der Waals surface area contributed by atoms with Crippen molar-refractivity contribution in [3.05, 3.63) is 69.8 Å². The highest BCUT2D eigenvalue weighted by molar-refractivity contribution is 5.88. The second kappa shape index (κ2) is 6.01. The summed E-state index contributed by atoms with van der Waals surface area (Å²) >= 11 is 0. The maximum Gasteiger partial charge on any atom is 0.335 e. The van der Waals surface area contributed by atoms with Crippen molar-refractivity contribution in [1.29, 1.82) is 0 Å². The second-order valence-electron chi connectivity index (χ2n) is 4.54. The molecule has 1 unspecified atom stereocenters. The number of para-hydroxylation sites is 1. The molecule has 1 heterocycles. The summed E-state index contributed by atoms with van der Waals surface area (Å²) in [6.45, 7) is 0. The van der Waals surface area contributed by atoms with E-state index in [1.807, 2.05) is 0 Å². The van der Waals surface area contributed by atoms with Crippen LogP contribution in [-0.4, -0.2) is 16.0 Å². The zero-order valence-electron chi connectivity index (χ0n) is 11.5. The van der Waals surface area contributed by atoms with Crippen LogP contribution >= 0.6 is 0 Å². The first kappa shape index (κ1) is 14.9. The molecular weight excluding hydrogens is 308 g/mol. The van der Waals surface area contributed by atoms with Crippen molar-refractivity contribution in [2.45, 2.75) is 6.29 Å². The van der Waals surface area contributed by atoms with E-state index in [1.165, 1.54) is 42.5 Å². The van der Waals surface area contributed by atoms with Gasteiger partial charge < -0.3 is 5.11 Å². The van der Waals surface area contributed by atoms with Crippen LogP contribution in [0.15, 0.2) is 48.5 Å². The van der Waals surface area contributed by atoms with Gasteiger partial charge in [-0.3, -0.25) is 10.1 Å². The summed E-state index contributed by atoms with van der Waals surface area (Å²) in [5.74, 6) is -1.11. The third kappa shape index (κ3) is 2.97. The lowest BCUT2D eigenvalue weighted by Gasteiger charge is -2.12. The van der Waals surface area contributed by atoms with E-state index in [-0.39, 0.29) is 22.5 Å². The van der Waals surface area contributed by atoms with Gasteiger partial charge in [-0.1, -0.05) is 28.4 Å². The Morgan fingerprint density at radius 1 is 1.22 bits per heavy atom. The largest absolute Gasteiger partial charge is 0.478 e. The number of hydrogen-bond donors (Lipinski definition) is 1. The summed E-state index contributed by atoms with van der Waals surface area (Å²) in [5.41, 5.74) is 0.298. The molecule has 3 rings (SSSR count). The highest BCUT2D eigenvalue weighted by atomic mass is 17.4. The summed E-state index contributed by atoms with van der Waals surface area (Å²) in [6, 6.07) is 11.7. The van der Waals surface area contributed by atoms with Crippen molar-refractivity contribution in [3.8, 4) is 0 Å². The van der Waals surface area contributed by atoms with Gasteiger partial charge in [0, 0.05) is 6.07 Å². The topological polar surface area (TPSA) is 111 Å². The average Bonchev–Trinajstić information content (AvgIpc) is 3.05. The fourth-order valence-electron chi connectivity index (χ4n) is 2.02. The Kier molecular flexibility index (Phi) is 3.89. The molecule has 9 nitrogen and oxygen atoms in total. The summed E-state index contributed by atoms with van der Waals surface area (Å²) in [4.78, 5) is 36.6.